The Morgan fingerprint density at radius 1 is 1.44 bits per heavy atom. The zero-order chi connectivity index (χ0) is 12.3. The van der Waals surface area contributed by atoms with E-state index in [4.69, 9.17) is 28.2 Å². The molecular weight excluding hydrogens is 293 g/mol. The lowest BCUT2D eigenvalue weighted by molar-refractivity contribution is 1.20. The number of hydrogen-bond acceptors (Lipinski definition) is 2. The van der Waals surface area contributed by atoms with Gasteiger partial charge in [-0.25, -0.2) is 0 Å². The van der Waals surface area contributed by atoms with Crippen LogP contribution in [0.1, 0.15) is 5.56 Å². The van der Waals surface area contributed by atoms with Gasteiger partial charge >= 0.3 is 0 Å². The summed E-state index contributed by atoms with van der Waals surface area (Å²) < 4.78 is 0.845. The normalized spacial score (nSPS) is 9.69. The van der Waals surface area contributed by atoms with Gasteiger partial charge in [0.15, 0.2) is 11.9 Å². The van der Waals surface area contributed by atoms with Crippen molar-refractivity contribution in [1.29, 1.82) is 10.8 Å². The molecule has 7 heteroatoms. The van der Waals surface area contributed by atoms with Gasteiger partial charge in [-0.2, -0.15) is 0 Å². The number of halogens is 2. The van der Waals surface area contributed by atoms with E-state index in [9.17, 15) is 0 Å². The number of guanidine groups is 2. The number of anilines is 1. The van der Waals surface area contributed by atoms with Gasteiger partial charge in [0.05, 0.1) is 0 Å². The van der Waals surface area contributed by atoms with Crippen molar-refractivity contribution in [2.75, 3.05) is 5.32 Å². The predicted octanol–water partition coefficient (Wildman–Crippen LogP) is 2.24. The van der Waals surface area contributed by atoms with Crippen molar-refractivity contribution in [1.82, 2.24) is 5.32 Å². The molecule has 5 nitrogen and oxygen atoms in total. The lowest BCUT2D eigenvalue weighted by atomic mass is 10.2. The largest absolute Gasteiger partial charge is 0.370 e. The molecule has 0 heterocycles. The number of nitrogens with two attached hydrogens (primary N) is 1. The Kier molecular flexibility index (Phi) is 4.14. The van der Waals surface area contributed by atoms with Crippen molar-refractivity contribution < 1.29 is 0 Å². The van der Waals surface area contributed by atoms with Crippen molar-refractivity contribution in [3.63, 3.8) is 0 Å². The fourth-order valence-electron chi connectivity index (χ4n) is 1.03. The minimum atomic E-state index is -0.297. The first-order chi connectivity index (χ1) is 7.40. The second-order valence-electron chi connectivity index (χ2n) is 3.10. The molecule has 0 spiro atoms. The molecule has 0 unspecified atom stereocenters. The minimum Gasteiger partial charge on any atom is -0.370 e. The molecule has 6 N–H and O–H groups in total. The third-order valence-corrected chi connectivity index (χ3v) is 3.03. The zero-order valence-electron chi connectivity index (χ0n) is 8.49. The van der Waals surface area contributed by atoms with Crippen LogP contribution in [-0.2, 0) is 0 Å². The van der Waals surface area contributed by atoms with E-state index >= 15 is 0 Å². The first-order valence-corrected chi connectivity index (χ1v) is 5.49. The second kappa shape index (κ2) is 5.18. The van der Waals surface area contributed by atoms with E-state index in [1.54, 1.807) is 12.1 Å². The van der Waals surface area contributed by atoms with Crippen molar-refractivity contribution in [2.45, 2.75) is 6.92 Å². The van der Waals surface area contributed by atoms with E-state index in [0.717, 1.165) is 10.0 Å². The van der Waals surface area contributed by atoms with Crippen LogP contribution in [0.15, 0.2) is 16.6 Å². The van der Waals surface area contributed by atoms with Crippen LogP contribution in [0.25, 0.3) is 0 Å². The molecule has 0 aliphatic rings. The lowest BCUT2D eigenvalue weighted by Crippen LogP contribution is -2.39. The second-order valence-corrected chi connectivity index (χ2v) is 4.37. The van der Waals surface area contributed by atoms with Gasteiger partial charge < -0.3 is 11.1 Å². The summed E-state index contributed by atoms with van der Waals surface area (Å²) in [6, 6.07) is 3.48. The first-order valence-electron chi connectivity index (χ1n) is 4.32. The quantitative estimate of drug-likeness (QED) is 0.406. The van der Waals surface area contributed by atoms with Gasteiger partial charge in [0.1, 0.15) is 0 Å². The Bertz CT molecular complexity index is 423. The molecule has 0 fully saturated rings. The highest BCUT2D eigenvalue weighted by atomic mass is 79.9. The lowest BCUT2D eigenvalue weighted by Gasteiger charge is -2.11. The molecule has 0 saturated heterocycles. The Morgan fingerprint density at radius 3 is 2.56 bits per heavy atom. The van der Waals surface area contributed by atoms with Crippen molar-refractivity contribution in [3.8, 4) is 0 Å². The van der Waals surface area contributed by atoms with Gasteiger partial charge in [0.25, 0.3) is 0 Å². The summed E-state index contributed by atoms with van der Waals surface area (Å²) in [7, 11) is 0. The van der Waals surface area contributed by atoms with Crippen LogP contribution in [0.4, 0.5) is 5.69 Å². The molecule has 0 aliphatic heterocycles. The predicted molar refractivity (Wildman–Crippen MR) is 70.3 cm³/mol. The minimum absolute atomic E-state index is 0.0840. The topological polar surface area (TPSA) is 97.8 Å². The molecule has 0 saturated carbocycles. The highest BCUT2D eigenvalue weighted by molar-refractivity contribution is 9.10. The summed E-state index contributed by atoms with van der Waals surface area (Å²) in [4.78, 5) is 0. The molecule has 1 rings (SSSR count). The average molecular weight is 305 g/mol. The summed E-state index contributed by atoms with van der Waals surface area (Å²) >= 11 is 9.34. The summed E-state index contributed by atoms with van der Waals surface area (Å²) in [5.41, 5.74) is 6.66. The maximum atomic E-state index is 7.45. The van der Waals surface area contributed by atoms with Crippen molar-refractivity contribution in [2.24, 2.45) is 5.73 Å². The number of rotatable bonds is 1. The Hall–Kier alpha value is -1.27. The van der Waals surface area contributed by atoms with Crippen LogP contribution in [0.3, 0.4) is 0 Å². The summed E-state index contributed by atoms with van der Waals surface area (Å²) in [5, 5.41) is 20.0. The van der Waals surface area contributed by atoms with Gasteiger partial charge in [0, 0.05) is 15.2 Å². The molecule has 16 heavy (non-hydrogen) atoms. The van der Waals surface area contributed by atoms with Gasteiger partial charge in [-0.3, -0.25) is 16.1 Å². The average Bonchev–Trinajstić information content (AvgIpc) is 2.12. The Balaban J connectivity index is 2.82. The molecule has 0 aliphatic carbocycles. The van der Waals surface area contributed by atoms with Gasteiger partial charge in [-0.15, -0.1) is 0 Å². The summed E-state index contributed by atoms with van der Waals surface area (Å²) in [6.45, 7) is 1.88. The van der Waals surface area contributed by atoms with Gasteiger partial charge in [0.2, 0.25) is 0 Å². The van der Waals surface area contributed by atoms with Gasteiger partial charge in [-0.1, -0.05) is 27.5 Å². The van der Waals surface area contributed by atoms with Crippen molar-refractivity contribution >= 4 is 45.1 Å². The van der Waals surface area contributed by atoms with Crippen LogP contribution in [0.2, 0.25) is 5.02 Å². The summed E-state index contributed by atoms with van der Waals surface area (Å²) in [5.74, 6) is -0.380. The number of benzene rings is 1. The molecule has 1 aromatic rings. The molecule has 0 amide bonds. The Morgan fingerprint density at radius 2 is 2.06 bits per heavy atom. The fourth-order valence-corrected chi connectivity index (χ4v) is 1.82. The highest BCUT2D eigenvalue weighted by Crippen LogP contribution is 2.28. The van der Waals surface area contributed by atoms with Crippen LogP contribution in [0, 0.1) is 17.7 Å². The van der Waals surface area contributed by atoms with E-state index in [1.165, 1.54) is 0 Å². The molecular formula is C9H11BrClN5. The summed E-state index contributed by atoms with van der Waals surface area (Å²) in [6.07, 6.45) is 0. The van der Waals surface area contributed by atoms with Crippen LogP contribution < -0.4 is 16.4 Å². The molecule has 0 aromatic heterocycles. The van der Waals surface area contributed by atoms with E-state index in [0.29, 0.717) is 10.7 Å². The molecule has 86 valence electrons. The van der Waals surface area contributed by atoms with E-state index < -0.39 is 0 Å². The third kappa shape index (κ3) is 3.39. The van der Waals surface area contributed by atoms with Crippen LogP contribution in [-0.4, -0.2) is 11.9 Å². The highest BCUT2D eigenvalue weighted by Gasteiger charge is 2.05. The SMILES string of the molecule is Cc1c(Cl)cc(NC(=N)NC(=N)N)cc1Br. The number of hydrogen-bond donors (Lipinski definition) is 5. The monoisotopic (exact) mass is 303 g/mol. The molecule has 1 aromatic carbocycles. The van der Waals surface area contributed by atoms with E-state index in [2.05, 4.69) is 26.6 Å². The standard InChI is InChI=1S/C9H11BrClN5/c1-4-6(10)2-5(3-7(4)11)15-9(14)16-8(12)13/h2-3H,1H3,(H6,12,13,14,15,16). The smallest absolute Gasteiger partial charge is 0.199 e. The molecule has 0 atom stereocenters. The third-order valence-electron chi connectivity index (χ3n) is 1.81. The molecule has 0 radical (unpaired) electrons. The van der Waals surface area contributed by atoms with E-state index in [-0.39, 0.29) is 11.9 Å². The van der Waals surface area contributed by atoms with Crippen LogP contribution in [0.5, 0.6) is 0 Å². The molecule has 0 bridgehead atoms. The number of nitrogens with one attached hydrogen (secondary N) is 4. The fraction of sp³-hybridized carbons (Fsp3) is 0.111. The Labute approximate surface area is 107 Å². The van der Waals surface area contributed by atoms with Crippen molar-refractivity contribution in [3.05, 3.63) is 27.2 Å². The first kappa shape index (κ1) is 12.8. The van der Waals surface area contributed by atoms with E-state index in [1.807, 2.05) is 6.92 Å². The zero-order valence-corrected chi connectivity index (χ0v) is 10.8. The maximum Gasteiger partial charge on any atom is 0.199 e. The van der Waals surface area contributed by atoms with Gasteiger partial charge in [-0.05, 0) is 24.6 Å². The maximum absolute atomic E-state index is 7.45. The van der Waals surface area contributed by atoms with Crippen LogP contribution >= 0.6 is 27.5 Å².